The van der Waals surface area contributed by atoms with Crippen molar-refractivity contribution in [2.45, 2.75) is 185 Å². The maximum atomic E-state index is 7.14. The fraction of sp³-hybridized carbons (Fsp3) is 0.556. The number of hydrogen-bond donors (Lipinski definition) is 2. The van der Waals surface area contributed by atoms with E-state index in [0.717, 1.165) is 92.5 Å². The fourth-order valence-electron chi connectivity index (χ4n) is 19.9. The van der Waals surface area contributed by atoms with E-state index in [2.05, 4.69) is 166 Å². The van der Waals surface area contributed by atoms with Crippen LogP contribution in [0, 0.1) is 67.0 Å². The van der Waals surface area contributed by atoms with Gasteiger partial charge in [-0.1, -0.05) is 83.1 Å². The van der Waals surface area contributed by atoms with Gasteiger partial charge in [-0.2, -0.15) is 0 Å². The van der Waals surface area contributed by atoms with E-state index in [-0.39, 0.29) is 67.7 Å². The predicted octanol–water partition coefficient (Wildman–Crippen LogP) is 17.2. The minimum absolute atomic E-state index is 0.0793. The molecule has 434 valence electrons. The molecular weight excluding hydrogens is 1040 g/mol. The molecule has 5 heterocycles. The van der Waals surface area contributed by atoms with E-state index < -0.39 is 0 Å². The fourth-order valence-corrected chi connectivity index (χ4v) is 19.9. The molecule has 0 saturated heterocycles. The van der Waals surface area contributed by atoms with Crippen molar-refractivity contribution >= 4 is 44.1 Å². The van der Waals surface area contributed by atoms with Gasteiger partial charge in [0.15, 0.2) is 23.3 Å². The van der Waals surface area contributed by atoms with Crippen molar-refractivity contribution in [2.24, 2.45) is 67.0 Å². The van der Waals surface area contributed by atoms with Crippen LogP contribution in [-0.4, -0.2) is 64.3 Å². The molecule has 0 amide bonds. The molecule has 0 unspecified atom stereocenters. The third-order valence-electron chi connectivity index (χ3n) is 27.7. The smallest absolute Gasteiger partial charge is 0.164 e. The van der Waals surface area contributed by atoms with Crippen molar-refractivity contribution in [1.82, 2.24) is 39.9 Å². The molecule has 16 bridgehead atoms. The Bertz CT molecular complexity index is 4190. The number of nitrogens with one attached hydrogen (secondary N) is 2. The lowest BCUT2D eigenvalue weighted by atomic mass is 9.70. The van der Waals surface area contributed by atoms with Gasteiger partial charge in [-0.05, 0) is 195 Å². The average molecular weight is 1120 g/mol. The van der Waals surface area contributed by atoms with Gasteiger partial charge in [0, 0.05) is 65.5 Å². The van der Waals surface area contributed by atoms with Crippen LogP contribution in [-0.2, 0) is 0 Å². The lowest BCUT2D eigenvalue weighted by Crippen LogP contribution is -2.38. The molecule has 12 nitrogen and oxygen atoms in total. The largest absolute Gasteiger partial charge is 0.490 e. The minimum atomic E-state index is 0.0793. The van der Waals surface area contributed by atoms with Crippen LogP contribution in [0.1, 0.15) is 160 Å². The minimum Gasteiger partial charge on any atom is -0.490 e. The molecule has 0 radical (unpaired) electrons. The zero-order valence-electron chi connectivity index (χ0n) is 51.3. The second kappa shape index (κ2) is 16.7. The molecule has 10 aliphatic rings. The van der Waals surface area contributed by atoms with Gasteiger partial charge in [0.25, 0.3) is 0 Å². The van der Waals surface area contributed by atoms with Crippen LogP contribution in [0.2, 0.25) is 0 Å². The molecule has 4 aromatic carbocycles. The summed E-state index contributed by atoms with van der Waals surface area (Å²) in [6.07, 6.45) is 14.4. The summed E-state index contributed by atoms with van der Waals surface area (Å²) in [5.74, 6) is 8.07. The van der Waals surface area contributed by atoms with Crippen LogP contribution < -0.4 is 18.9 Å². The van der Waals surface area contributed by atoms with Gasteiger partial charge in [-0.15, -0.1) is 0 Å². The molecule has 2 aliphatic heterocycles. The van der Waals surface area contributed by atoms with Gasteiger partial charge in [-0.25, -0.2) is 29.9 Å². The molecular formula is C72H82N8O4. The van der Waals surface area contributed by atoms with Gasteiger partial charge < -0.3 is 28.9 Å². The molecule has 8 aliphatic carbocycles. The van der Waals surface area contributed by atoms with E-state index in [1.165, 1.54) is 51.4 Å². The summed E-state index contributed by atoms with van der Waals surface area (Å²) in [5, 5.41) is 3.59. The molecule has 12 atom stereocenters. The van der Waals surface area contributed by atoms with E-state index >= 15 is 0 Å². The van der Waals surface area contributed by atoms with E-state index in [1.54, 1.807) is 0 Å². The van der Waals surface area contributed by atoms with Gasteiger partial charge in [0.2, 0.25) is 0 Å². The molecule has 84 heavy (non-hydrogen) atoms. The number of aromatic amines is 2. The zero-order valence-corrected chi connectivity index (χ0v) is 51.3. The first-order valence-corrected chi connectivity index (χ1v) is 32.0. The summed E-state index contributed by atoms with van der Waals surface area (Å²) >= 11 is 0. The number of ether oxygens (including phenoxy) is 4. The maximum absolute atomic E-state index is 7.14. The van der Waals surface area contributed by atoms with Crippen LogP contribution in [0.5, 0.6) is 23.0 Å². The molecule has 7 aromatic rings. The highest BCUT2D eigenvalue weighted by Crippen LogP contribution is 2.69. The average Bonchev–Trinajstić information content (AvgIpc) is 3.12. The first kappa shape index (κ1) is 51.8. The Morgan fingerprint density at radius 1 is 0.321 bits per heavy atom. The van der Waals surface area contributed by atoms with Crippen LogP contribution in [0.15, 0.2) is 72.8 Å². The Morgan fingerprint density at radius 3 is 0.881 bits per heavy atom. The Labute approximate surface area is 493 Å². The quantitative estimate of drug-likeness (QED) is 0.151. The first-order valence-electron chi connectivity index (χ1n) is 32.0. The topological polar surface area (TPSA) is 146 Å². The molecule has 2 N–H and O–H groups in total. The highest BCUT2D eigenvalue weighted by molar-refractivity contribution is 6.07. The van der Waals surface area contributed by atoms with Crippen LogP contribution in [0.3, 0.4) is 0 Å². The van der Waals surface area contributed by atoms with Crippen molar-refractivity contribution in [3.63, 3.8) is 0 Å². The molecule has 17 rings (SSSR count). The summed E-state index contributed by atoms with van der Waals surface area (Å²) in [7, 11) is 0. The van der Waals surface area contributed by atoms with Crippen molar-refractivity contribution < 1.29 is 18.9 Å². The predicted molar refractivity (Wildman–Crippen MR) is 331 cm³/mol. The highest BCUT2D eigenvalue weighted by atomic mass is 16.5. The molecule has 12 heteroatoms. The first-order chi connectivity index (χ1) is 40.0. The van der Waals surface area contributed by atoms with E-state index in [9.17, 15) is 0 Å². The lowest BCUT2D eigenvalue weighted by Gasteiger charge is -2.38. The maximum Gasteiger partial charge on any atom is 0.164 e. The number of aromatic nitrogens is 8. The standard InChI is InChI=1S/C72H82N8O4/c1-65(2)37-21-25-69(65,9)53(29-37)81-41-13-17-45-49(33-41)61-74-57(45)73-58-46-18-14-42(82-54-30-38-22-26-70(54,10)66(38,3)4)34-50(46)62(75-58)77-60-48-20-16-44(84-56-32-40-24-28-72(56,12)68(40,7)8)36-52(48)64(79-60)80-63-51-35-43(15-19-47(51)59(76-61)78-63)83-55-31-39-23-27-71(55,11)67(39,5)6/h13-20,33-40,53-56H,21-32H2,1-12H3,(H2,73,74,75,76,77,78,79,80)/t37-,38-,39-,40-,53+,54+,55+,56+,69+,70+,71+,72+/m0/s1. The number of H-pyrrole nitrogens is 2. The number of fused-ring (bicyclic) bond motifs is 28. The Hall–Kier alpha value is -6.56. The Balaban J connectivity index is 0.870. The highest BCUT2D eigenvalue weighted by Gasteiger charge is 2.66. The third-order valence-corrected chi connectivity index (χ3v) is 27.7. The van der Waals surface area contributed by atoms with Gasteiger partial charge in [0.1, 0.15) is 70.0 Å². The van der Waals surface area contributed by atoms with Crippen molar-refractivity contribution in [3.8, 4) is 68.5 Å². The number of hydrogen-bond acceptors (Lipinski definition) is 10. The third kappa shape index (κ3) is 6.72. The van der Waals surface area contributed by atoms with E-state index in [0.29, 0.717) is 69.6 Å². The Kier molecular flexibility index (Phi) is 10.3. The van der Waals surface area contributed by atoms with E-state index in [1.807, 2.05) is 0 Å². The number of benzene rings is 4. The second-order valence-corrected chi connectivity index (χ2v) is 31.3. The van der Waals surface area contributed by atoms with Gasteiger partial charge in [0.05, 0.1) is 0 Å². The van der Waals surface area contributed by atoms with Crippen molar-refractivity contribution in [2.75, 3.05) is 0 Å². The van der Waals surface area contributed by atoms with Crippen LogP contribution >= 0.6 is 0 Å². The zero-order chi connectivity index (χ0) is 57.6. The van der Waals surface area contributed by atoms with Crippen molar-refractivity contribution in [1.29, 1.82) is 0 Å². The summed E-state index contributed by atoms with van der Waals surface area (Å²) in [4.78, 5) is 40.4. The number of rotatable bonds is 8. The molecule has 3 aromatic heterocycles. The molecule has 0 spiro atoms. The summed E-state index contributed by atoms with van der Waals surface area (Å²) in [6, 6.07) is 25.6. The van der Waals surface area contributed by atoms with Crippen LogP contribution in [0.25, 0.3) is 89.7 Å². The second-order valence-electron chi connectivity index (χ2n) is 31.3. The van der Waals surface area contributed by atoms with E-state index in [4.69, 9.17) is 48.9 Å². The monoisotopic (exact) mass is 1120 g/mol. The van der Waals surface area contributed by atoms with Gasteiger partial charge >= 0.3 is 0 Å². The van der Waals surface area contributed by atoms with Gasteiger partial charge in [-0.3, -0.25) is 0 Å². The SMILES string of the molecule is CC1(C)[C@H]2CC[C@]1(C)[C@H](Oc1ccc3c(c1)-c1nc-3nc3[nH]c(nc4nc(nc5[nH]c(n1)c1ccc(O[C@@H]6C[C@@H]7CC[C@@]6(C)C7(C)C)cc51)-c1cc(O[C@@H]5C[C@@H]6CC[C@@]5(C)C6(C)C)ccc1-4)c1cc(O[C@@H]4C[C@@H]5CC[C@@]4(C)C5(C)C)ccc31)C2. The lowest BCUT2D eigenvalue weighted by molar-refractivity contribution is 0.0301. The summed E-state index contributed by atoms with van der Waals surface area (Å²) in [6.45, 7) is 29.3. The van der Waals surface area contributed by atoms with Crippen LogP contribution in [0.4, 0.5) is 0 Å². The normalized spacial score (nSPS) is 34.4. The van der Waals surface area contributed by atoms with Crippen molar-refractivity contribution in [3.05, 3.63) is 72.8 Å². The molecule has 8 fully saturated rings. The Morgan fingerprint density at radius 2 is 0.595 bits per heavy atom. The number of nitrogens with zero attached hydrogens (tertiary/aromatic N) is 6. The summed E-state index contributed by atoms with van der Waals surface area (Å²) < 4.78 is 28.5. The summed E-state index contributed by atoms with van der Waals surface area (Å²) in [5.41, 5.74) is 7.18. The molecule has 8 saturated carbocycles.